The molecule has 0 aliphatic rings. The highest BCUT2D eigenvalue weighted by Gasteiger charge is 2.58. The van der Waals surface area contributed by atoms with Gasteiger partial charge in [0.2, 0.25) is 11.0 Å². The SMILES string of the molecule is O=P(O)(O)C(N(CCCI)C(P(=O)(O)O)P(=O)(O)O)P(=O)(O)O. The van der Waals surface area contributed by atoms with Crippen molar-refractivity contribution in [3.05, 3.63) is 0 Å². The first-order valence-electron chi connectivity index (χ1n) is 5.46. The third kappa shape index (κ3) is 7.59. The van der Waals surface area contributed by atoms with Gasteiger partial charge in [0.1, 0.15) is 0 Å². The fourth-order valence-corrected chi connectivity index (χ4v) is 8.20. The van der Waals surface area contributed by atoms with E-state index in [-0.39, 0.29) is 15.7 Å². The summed E-state index contributed by atoms with van der Waals surface area (Å²) in [5.41, 5.74) is -6.19. The summed E-state index contributed by atoms with van der Waals surface area (Å²) < 4.78 is 45.8. The lowest BCUT2D eigenvalue weighted by atomic mass is 10.5. The quantitative estimate of drug-likeness (QED) is 0.105. The van der Waals surface area contributed by atoms with Gasteiger partial charge >= 0.3 is 30.4 Å². The first-order chi connectivity index (χ1) is 9.94. The molecule has 0 aliphatic heterocycles. The lowest BCUT2D eigenvalue weighted by molar-refractivity contribution is 0.201. The van der Waals surface area contributed by atoms with E-state index in [9.17, 15) is 18.3 Å². The standard InChI is InChI=1S/C5H16INO12P4/c6-2-1-3-7(4(20(8,9)10)21(11,12)13)5(22(14,15)16)23(17,18)19/h4-5H,1-3H2,(H2,8,9,10)(H2,11,12,13)(H2,14,15,16)(H2,17,18,19). The van der Waals surface area contributed by atoms with Gasteiger partial charge in [-0.3, -0.25) is 23.2 Å². The van der Waals surface area contributed by atoms with Gasteiger partial charge in [0.25, 0.3) is 0 Å². The molecule has 13 nitrogen and oxygen atoms in total. The second-order valence-corrected chi connectivity index (χ2v) is 12.9. The van der Waals surface area contributed by atoms with Gasteiger partial charge in [-0.05, 0) is 6.42 Å². The number of halogens is 1. The molecule has 0 amide bonds. The van der Waals surface area contributed by atoms with Crippen molar-refractivity contribution < 1.29 is 57.4 Å². The lowest BCUT2D eigenvalue weighted by Gasteiger charge is -2.37. The van der Waals surface area contributed by atoms with E-state index in [1.807, 2.05) is 0 Å². The van der Waals surface area contributed by atoms with Gasteiger partial charge in [-0.2, -0.15) is 0 Å². The van der Waals surface area contributed by atoms with Crippen molar-refractivity contribution in [2.45, 2.75) is 17.5 Å². The predicted octanol–water partition coefficient (Wildman–Crippen LogP) is -0.609. The molecule has 140 valence electrons. The van der Waals surface area contributed by atoms with Crippen LogP contribution in [-0.4, -0.2) is 66.1 Å². The Kier molecular flexibility index (Phi) is 8.79. The number of hydrogen-bond donors (Lipinski definition) is 8. The van der Waals surface area contributed by atoms with Gasteiger partial charge in [-0.15, -0.1) is 0 Å². The molecule has 0 aromatic carbocycles. The molecule has 0 saturated heterocycles. The summed E-state index contributed by atoms with van der Waals surface area (Å²) in [7, 11) is -22.9. The minimum Gasteiger partial charge on any atom is -0.323 e. The highest BCUT2D eigenvalue weighted by Crippen LogP contribution is 2.68. The molecule has 0 aliphatic carbocycles. The highest BCUT2D eigenvalue weighted by molar-refractivity contribution is 14.1. The topological polar surface area (TPSA) is 233 Å². The van der Waals surface area contributed by atoms with E-state index in [0.717, 1.165) is 0 Å². The maximum atomic E-state index is 11.4. The van der Waals surface area contributed by atoms with E-state index in [0.29, 0.717) is 0 Å². The minimum absolute atomic E-state index is 0.104. The van der Waals surface area contributed by atoms with Crippen molar-refractivity contribution in [3.8, 4) is 0 Å². The van der Waals surface area contributed by atoms with Crippen LogP contribution in [-0.2, 0) is 18.3 Å². The summed E-state index contributed by atoms with van der Waals surface area (Å²) in [4.78, 5) is 72.9. The molecule has 0 aromatic heterocycles. The molecule has 18 heteroatoms. The van der Waals surface area contributed by atoms with Crippen LogP contribution in [0.2, 0.25) is 0 Å². The summed E-state index contributed by atoms with van der Waals surface area (Å²) in [6.07, 6.45) is -0.104. The van der Waals surface area contributed by atoms with E-state index >= 15 is 0 Å². The van der Waals surface area contributed by atoms with Gasteiger partial charge in [-0.25, -0.2) is 0 Å². The predicted molar refractivity (Wildman–Crippen MR) is 86.0 cm³/mol. The fourth-order valence-electron chi connectivity index (χ4n) is 1.76. The zero-order chi connectivity index (χ0) is 18.9. The summed E-state index contributed by atoms with van der Waals surface area (Å²) >= 11 is 1.75. The van der Waals surface area contributed by atoms with Gasteiger partial charge in [-0.1, -0.05) is 22.6 Å². The average Bonchev–Trinajstić information content (AvgIpc) is 2.17. The van der Waals surface area contributed by atoms with Crippen LogP contribution >= 0.6 is 53.0 Å². The maximum absolute atomic E-state index is 11.4. The smallest absolute Gasteiger partial charge is 0.323 e. The summed E-state index contributed by atoms with van der Waals surface area (Å²) in [5, 5.41) is 0. The zero-order valence-corrected chi connectivity index (χ0v) is 16.8. The Morgan fingerprint density at radius 1 is 0.696 bits per heavy atom. The van der Waals surface area contributed by atoms with E-state index in [1.54, 1.807) is 22.6 Å². The lowest BCUT2D eigenvalue weighted by Crippen LogP contribution is -2.43. The minimum atomic E-state index is -5.71. The van der Waals surface area contributed by atoms with Crippen LogP contribution in [0.15, 0.2) is 0 Å². The van der Waals surface area contributed by atoms with Crippen LogP contribution in [0.4, 0.5) is 0 Å². The molecule has 0 aromatic rings. The van der Waals surface area contributed by atoms with Crippen molar-refractivity contribution >= 4 is 53.0 Å². The van der Waals surface area contributed by atoms with Crippen molar-refractivity contribution in [2.75, 3.05) is 11.0 Å². The third-order valence-electron chi connectivity index (χ3n) is 2.35. The Morgan fingerprint density at radius 2 is 0.957 bits per heavy atom. The highest BCUT2D eigenvalue weighted by atomic mass is 127. The average molecular weight is 533 g/mol. The summed E-state index contributed by atoms with van der Waals surface area (Å²) in [6.45, 7) is -0.773. The van der Waals surface area contributed by atoms with Crippen LogP contribution in [0.3, 0.4) is 0 Å². The molecule has 0 atom stereocenters. The van der Waals surface area contributed by atoms with E-state index in [4.69, 9.17) is 39.1 Å². The molecule has 0 radical (unpaired) electrons. The largest absolute Gasteiger partial charge is 0.355 e. The summed E-state index contributed by atoms with van der Waals surface area (Å²) in [6, 6.07) is 0. The zero-order valence-electron chi connectivity index (χ0n) is 11.1. The van der Waals surface area contributed by atoms with Crippen LogP contribution < -0.4 is 0 Å². The Bertz CT molecular complexity index is 494. The third-order valence-corrected chi connectivity index (χ3v) is 10.3. The number of nitrogens with zero attached hydrogens (tertiary/aromatic N) is 1. The van der Waals surface area contributed by atoms with Crippen molar-refractivity contribution in [3.63, 3.8) is 0 Å². The van der Waals surface area contributed by atoms with E-state index in [1.165, 1.54) is 0 Å². The molecule has 8 N–H and O–H groups in total. The number of hydrogen-bond acceptors (Lipinski definition) is 5. The Morgan fingerprint density at radius 3 is 1.13 bits per heavy atom. The van der Waals surface area contributed by atoms with Crippen molar-refractivity contribution in [2.24, 2.45) is 0 Å². The number of rotatable bonds is 9. The fraction of sp³-hybridized carbons (Fsp3) is 1.00. The molecule has 0 unspecified atom stereocenters. The first kappa shape index (κ1) is 24.3. The van der Waals surface area contributed by atoms with Crippen molar-refractivity contribution in [1.29, 1.82) is 0 Å². The van der Waals surface area contributed by atoms with Crippen LogP contribution in [0.1, 0.15) is 6.42 Å². The molecule has 0 saturated carbocycles. The number of alkyl halides is 1. The molecular formula is C5H16INO12P4. The van der Waals surface area contributed by atoms with Gasteiger partial charge in [0.15, 0.2) is 0 Å². The van der Waals surface area contributed by atoms with E-state index in [2.05, 4.69) is 0 Å². The van der Waals surface area contributed by atoms with Crippen LogP contribution in [0, 0.1) is 0 Å². The van der Waals surface area contributed by atoms with Gasteiger partial charge in [0.05, 0.1) is 0 Å². The first-order valence-corrected chi connectivity index (χ1v) is 13.7. The second-order valence-electron chi connectivity index (χ2n) is 4.33. The van der Waals surface area contributed by atoms with Gasteiger partial charge in [0, 0.05) is 11.0 Å². The normalized spacial score (nSPS) is 15.0. The Hall–Kier alpha value is 1.29. The second kappa shape index (κ2) is 8.32. The molecule has 0 bridgehead atoms. The molecule has 0 fully saturated rings. The van der Waals surface area contributed by atoms with Gasteiger partial charge < -0.3 is 39.1 Å². The van der Waals surface area contributed by atoms with Crippen LogP contribution in [0.25, 0.3) is 0 Å². The Labute approximate surface area is 143 Å². The van der Waals surface area contributed by atoms with Crippen molar-refractivity contribution in [1.82, 2.24) is 4.90 Å². The van der Waals surface area contributed by atoms with E-state index < -0.39 is 48.0 Å². The molecule has 23 heavy (non-hydrogen) atoms. The molecule has 0 spiro atoms. The molecular weight excluding hydrogens is 517 g/mol. The Balaban J connectivity index is 6.39. The monoisotopic (exact) mass is 533 g/mol. The molecule has 0 heterocycles. The molecule has 0 rings (SSSR count). The summed E-state index contributed by atoms with van der Waals surface area (Å²) in [5.74, 6) is 0. The maximum Gasteiger partial charge on any atom is 0.355 e. The van der Waals surface area contributed by atoms with Crippen LogP contribution in [0.5, 0.6) is 0 Å².